The summed E-state index contributed by atoms with van der Waals surface area (Å²) in [6.07, 6.45) is 2.35. The summed E-state index contributed by atoms with van der Waals surface area (Å²) in [6, 6.07) is 0. The molecule has 4 nitrogen and oxygen atoms in total. The Labute approximate surface area is 109 Å². The minimum atomic E-state index is 0.493. The number of halogens is 1. The maximum absolute atomic E-state index is 5.91. The number of hydrogen-bond donors (Lipinski definition) is 1. The molecule has 0 aliphatic heterocycles. The predicted molar refractivity (Wildman–Crippen MR) is 70.8 cm³/mol. The van der Waals surface area contributed by atoms with Crippen molar-refractivity contribution >= 4 is 28.8 Å². The number of nitrogens with zero attached hydrogens (tertiary/aromatic N) is 3. The highest BCUT2D eigenvalue weighted by Crippen LogP contribution is 2.18. The highest BCUT2D eigenvalue weighted by molar-refractivity contribution is 7.09. The summed E-state index contributed by atoms with van der Waals surface area (Å²) in [4.78, 5) is 12.5. The van der Waals surface area contributed by atoms with E-state index in [0.29, 0.717) is 5.15 Å². The summed E-state index contributed by atoms with van der Waals surface area (Å²) in [5.74, 6) is 0.790. The highest BCUT2D eigenvalue weighted by atomic mass is 35.5. The average Bonchev–Trinajstić information content (AvgIpc) is 2.70. The van der Waals surface area contributed by atoms with Crippen molar-refractivity contribution < 1.29 is 0 Å². The van der Waals surface area contributed by atoms with Gasteiger partial charge in [0.05, 0.1) is 5.01 Å². The topological polar surface area (TPSA) is 50.7 Å². The molecule has 0 aliphatic carbocycles. The molecular weight excluding hydrogens is 256 g/mol. The molecule has 2 aromatic rings. The number of thiazole rings is 1. The van der Waals surface area contributed by atoms with Crippen LogP contribution in [0, 0.1) is 13.8 Å². The lowest BCUT2D eigenvalue weighted by Crippen LogP contribution is -2.08. The van der Waals surface area contributed by atoms with Gasteiger partial charge in [-0.05, 0) is 13.8 Å². The maximum Gasteiger partial charge on any atom is 0.137 e. The van der Waals surface area contributed by atoms with Gasteiger partial charge >= 0.3 is 0 Å². The van der Waals surface area contributed by atoms with Gasteiger partial charge in [0.25, 0.3) is 0 Å². The Morgan fingerprint density at radius 3 is 2.88 bits per heavy atom. The Balaban J connectivity index is 1.92. The van der Waals surface area contributed by atoms with Crippen LogP contribution in [-0.4, -0.2) is 21.5 Å². The molecule has 0 saturated heterocycles. The second-order valence-electron chi connectivity index (χ2n) is 3.70. The summed E-state index contributed by atoms with van der Waals surface area (Å²) in [7, 11) is 0. The second kappa shape index (κ2) is 5.42. The maximum atomic E-state index is 5.91. The van der Waals surface area contributed by atoms with Gasteiger partial charge in [-0.2, -0.15) is 0 Å². The van der Waals surface area contributed by atoms with Crippen molar-refractivity contribution in [3.05, 3.63) is 33.1 Å². The van der Waals surface area contributed by atoms with Crippen molar-refractivity contribution in [1.29, 1.82) is 0 Å². The smallest absolute Gasteiger partial charge is 0.137 e. The third kappa shape index (κ3) is 3.14. The molecule has 17 heavy (non-hydrogen) atoms. The zero-order valence-electron chi connectivity index (χ0n) is 9.70. The molecule has 6 heteroatoms. The number of nitrogens with one attached hydrogen (secondary N) is 1. The molecular formula is C11H13ClN4S. The first-order chi connectivity index (χ1) is 8.16. The normalized spacial score (nSPS) is 10.5. The summed E-state index contributed by atoms with van der Waals surface area (Å²) in [5.41, 5.74) is 1.95. The van der Waals surface area contributed by atoms with Crippen LogP contribution in [0.15, 0.2) is 11.7 Å². The average molecular weight is 269 g/mol. The van der Waals surface area contributed by atoms with Crippen LogP contribution in [0.25, 0.3) is 0 Å². The molecule has 90 valence electrons. The van der Waals surface area contributed by atoms with Crippen LogP contribution >= 0.6 is 22.9 Å². The molecule has 0 bridgehead atoms. The van der Waals surface area contributed by atoms with Crippen molar-refractivity contribution in [2.45, 2.75) is 20.3 Å². The molecule has 0 atom stereocenters. The zero-order chi connectivity index (χ0) is 12.3. The molecule has 2 heterocycles. The van der Waals surface area contributed by atoms with Crippen molar-refractivity contribution in [1.82, 2.24) is 15.0 Å². The molecule has 0 amide bonds. The van der Waals surface area contributed by atoms with Crippen molar-refractivity contribution in [3.8, 4) is 0 Å². The van der Waals surface area contributed by atoms with Gasteiger partial charge in [0.1, 0.15) is 17.3 Å². The Kier molecular flexibility index (Phi) is 3.91. The fraction of sp³-hybridized carbons (Fsp3) is 0.364. The molecule has 0 radical (unpaired) electrons. The van der Waals surface area contributed by atoms with E-state index in [2.05, 4.69) is 25.6 Å². The number of anilines is 1. The Morgan fingerprint density at radius 2 is 2.18 bits per heavy atom. The third-order valence-electron chi connectivity index (χ3n) is 2.32. The van der Waals surface area contributed by atoms with E-state index in [-0.39, 0.29) is 0 Å². The van der Waals surface area contributed by atoms with Gasteiger partial charge < -0.3 is 5.32 Å². The molecule has 0 aromatic carbocycles. The predicted octanol–water partition coefficient (Wildman–Crippen LogP) is 2.86. The SMILES string of the molecule is Cc1csc(CCNc2ncnc(Cl)c2C)n1. The zero-order valence-corrected chi connectivity index (χ0v) is 11.3. The minimum absolute atomic E-state index is 0.493. The van der Waals surface area contributed by atoms with E-state index in [9.17, 15) is 0 Å². The number of hydrogen-bond acceptors (Lipinski definition) is 5. The van der Waals surface area contributed by atoms with E-state index >= 15 is 0 Å². The fourth-order valence-electron chi connectivity index (χ4n) is 1.41. The van der Waals surface area contributed by atoms with Crippen LogP contribution in [0.3, 0.4) is 0 Å². The second-order valence-corrected chi connectivity index (χ2v) is 5.00. The van der Waals surface area contributed by atoms with Crippen molar-refractivity contribution in [2.75, 3.05) is 11.9 Å². The summed E-state index contributed by atoms with van der Waals surface area (Å²) in [6.45, 7) is 4.70. The van der Waals surface area contributed by atoms with Gasteiger partial charge in [0.15, 0.2) is 0 Å². The largest absolute Gasteiger partial charge is 0.369 e. The summed E-state index contributed by atoms with van der Waals surface area (Å²) >= 11 is 7.59. The number of aryl methyl sites for hydroxylation is 1. The van der Waals surface area contributed by atoms with Crippen LogP contribution in [-0.2, 0) is 6.42 Å². The molecule has 2 rings (SSSR count). The third-order valence-corrected chi connectivity index (χ3v) is 3.73. The lowest BCUT2D eigenvalue weighted by molar-refractivity contribution is 0.968. The van der Waals surface area contributed by atoms with Crippen LogP contribution in [0.5, 0.6) is 0 Å². The molecule has 0 spiro atoms. The molecule has 2 aromatic heterocycles. The van der Waals surface area contributed by atoms with E-state index in [1.807, 2.05) is 13.8 Å². The number of rotatable bonds is 4. The molecule has 0 aliphatic rings. The van der Waals surface area contributed by atoms with Crippen LogP contribution < -0.4 is 5.32 Å². The van der Waals surface area contributed by atoms with Crippen molar-refractivity contribution in [2.24, 2.45) is 0 Å². The molecule has 0 unspecified atom stereocenters. The van der Waals surface area contributed by atoms with Crippen LogP contribution in [0.2, 0.25) is 5.15 Å². The lowest BCUT2D eigenvalue weighted by atomic mass is 10.3. The first-order valence-corrected chi connectivity index (χ1v) is 6.54. The van der Waals surface area contributed by atoms with Gasteiger partial charge in [-0.1, -0.05) is 11.6 Å². The Morgan fingerprint density at radius 1 is 1.35 bits per heavy atom. The Hall–Kier alpha value is -1.20. The first kappa shape index (κ1) is 12.3. The molecule has 0 fully saturated rings. The van der Waals surface area contributed by atoms with E-state index in [1.54, 1.807) is 11.3 Å². The van der Waals surface area contributed by atoms with Gasteiger partial charge in [-0.15, -0.1) is 11.3 Å². The summed E-state index contributed by atoms with van der Waals surface area (Å²) in [5, 5.41) is 6.93. The Bertz CT molecular complexity index is 512. The van der Waals surface area contributed by atoms with E-state index in [4.69, 9.17) is 11.6 Å². The van der Waals surface area contributed by atoms with E-state index in [1.165, 1.54) is 6.33 Å². The number of aromatic nitrogens is 3. The fourth-order valence-corrected chi connectivity index (χ4v) is 2.32. The van der Waals surface area contributed by atoms with Crippen LogP contribution in [0.1, 0.15) is 16.3 Å². The van der Waals surface area contributed by atoms with E-state index in [0.717, 1.165) is 35.0 Å². The molecule has 0 saturated carbocycles. The van der Waals surface area contributed by atoms with Gasteiger partial charge in [0.2, 0.25) is 0 Å². The van der Waals surface area contributed by atoms with Gasteiger partial charge in [-0.25, -0.2) is 15.0 Å². The van der Waals surface area contributed by atoms with Gasteiger partial charge in [0, 0.05) is 29.6 Å². The van der Waals surface area contributed by atoms with Crippen molar-refractivity contribution in [3.63, 3.8) is 0 Å². The van der Waals surface area contributed by atoms with Gasteiger partial charge in [-0.3, -0.25) is 0 Å². The standard InChI is InChI=1S/C11H13ClN4S/c1-7-5-17-9(16-7)3-4-13-11-8(2)10(12)14-6-15-11/h5-6H,3-4H2,1-2H3,(H,13,14,15). The van der Waals surface area contributed by atoms with E-state index < -0.39 is 0 Å². The summed E-state index contributed by atoms with van der Waals surface area (Å²) < 4.78 is 0. The lowest BCUT2D eigenvalue weighted by Gasteiger charge is -2.07. The highest BCUT2D eigenvalue weighted by Gasteiger charge is 2.04. The minimum Gasteiger partial charge on any atom is -0.369 e. The monoisotopic (exact) mass is 268 g/mol. The quantitative estimate of drug-likeness (QED) is 0.867. The molecule has 1 N–H and O–H groups in total. The first-order valence-electron chi connectivity index (χ1n) is 5.29. The van der Waals surface area contributed by atoms with Crippen LogP contribution in [0.4, 0.5) is 5.82 Å².